The van der Waals surface area contributed by atoms with Crippen molar-refractivity contribution >= 4 is 11.8 Å². The van der Waals surface area contributed by atoms with Crippen LogP contribution in [0, 0.1) is 0 Å². The van der Waals surface area contributed by atoms with Crippen molar-refractivity contribution in [3.63, 3.8) is 0 Å². The molecule has 1 nitrogen and oxygen atoms in total. The van der Waals surface area contributed by atoms with Gasteiger partial charge < -0.3 is 5.32 Å². The summed E-state index contributed by atoms with van der Waals surface area (Å²) in [5.41, 5.74) is 0. The van der Waals surface area contributed by atoms with Gasteiger partial charge in [0.2, 0.25) is 0 Å². The maximum absolute atomic E-state index is 3.44. The highest BCUT2D eigenvalue weighted by Gasteiger charge is 1.92. The molecule has 0 aliphatic carbocycles. The topological polar surface area (TPSA) is 12.0 Å². The summed E-state index contributed by atoms with van der Waals surface area (Å²) in [6.45, 7) is 7.85. The molecule has 0 aliphatic rings. The second kappa shape index (κ2) is 10.4. The van der Waals surface area contributed by atoms with Gasteiger partial charge >= 0.3 is 0 Å². The van der Waals surface area contributed by atoms with Gasteiger partial charge in [0, 0.05) is 6.04 Å². The molecule has 0 aliphatic heterocycles. The highest BCUT2D eigenvalue weighted by molar-refractivity contribution is 7.99. The molecule has 80 valence electrons. The van der Waals surface area contributed by atoms with Crippen LogP contribution in [-0.2, 0) is 0 Å². The predicted octanol–water partition coefficient (Wildman–Crippen LogP) is 3.30. The standard InChI is InChI=1S/C11H25NS/c1-4-5-9-13-10-7-6-8-12-11(2)3/h11-12H,4-10H2,1-3H3. The lowest BCUT2D eigenvalue weighted by atomic mass is 10.3. The highest BCUT2D eigenvalue weighted by Crippen LogP contribution is 2.06. The third-order valence-corrected chi connectivity index (χ3v) is 3.06. The van der Waals surface area contributed by atoms with Crippen molar-refractivity contribution in [3.05, 3.63) is 0 Å². The zero-order valence-electron chi connectivity index (χ0n) is 9.44. The Kier molecular flexibility index (Phi) is 10.6. The molecule has 0 aromatic heterocycles. The highest BCUT2D eigenvalue weighted by atomic mass is 32.2. The number of hydrogen-bond acceptors (Lipinski definition) is 2. The van der Waals surface area contributed by atoms with Crippen LogP contribution < -0.4 is 5.32 Å². The molecule has 0 aromatic carbocycles. The van der Waals surface area contributed by atoms with Crippen LogP contribution in [0.5, 0.6) is 0 Å². The fourth-order valence-electron chi connectivity index (χ4n) is 1.07. The molecule has 0 bridgehead atoms. The second-order valence-corrected chi connectivity index (χ2v) is 5.01. The van der Waals surface area contributed by atoms with E-state index in [-0.39, 0.29) is 0 Å². The fourth-order valence-corrected chi connectivity index (χ4v) is 2.17. The smallest absolute Gasteiger partial charge is 0.00103 e. The fraction of sp³-hybridized carbons (Fsp3) is 1.00. The Morgan fingerprint density at radius 2 is 1.77 bits per heavy atom. The number of hydrogen-bond donors (Lipinski definition) is 1. The van der Waals surface area contributed by atoms with Crippen molar-refractivity contribution in [1.82, 2.24) is 5.32 Å². The summed E-state index contributed by atoms with van der Waals surface area (Å²) in [4.78, 5) is 0. The lowest BCUT2D eigenvalue weighted by molar-refractivity contribution is 0.567. The van der Waals surface area contributed by atoms with E-state index in [0.717, 1.165) is 0 Å². The van der Waals surface area contributed by atoms with Crippen molar-refractivity contribution in [3.8, 4) is 0 Å². The van der Waals surface area contributed by atoms with Gasteiger partial charge in [0.15, 0.2) is 0 Å². The minimum atomic E-state index is 0.646. The Balaban J connectivity index is 2.84. The van der Waals surface area contributed by atoms with Gasteiger partial charge in [0.1, 0.15) is 0 Å². The molecule has 0 radical (unpaired) electrons. The molecule has 0 atom stereocenters. The van der Waals surface area contributed by atoms with Gasteiger partial charge in [-0.3, -0.25) is 0 Å². The van der Waals surface area contributed by atoms with Crippen LogP contribution in [0.3, 0.4) is 0 Å². The van der Waals surface area contributed by atoms with Gasteiger partial charge in [-0.05, 0) is 37.3 Å². The number of unbranched alkanes of at least 4 members (excludes halogenated alkanes) is 2. The van der Waals surface area contributed by atoms with Crippen molar-refractivity contribution in [1.29, 1.82) is 0 Å². The van der Waals surface area contributed by atoms with Gasteiger partial charge in [0.25, 0.3) is 0 Å². The number of thioether (sulfide) groups is 1. The Morgan fingerprint density at radius 3 is 2.38 bits per heavy atom. The molecular formula is C11H25NS. The van der Waals surface area contributed by atoms with Gasteiger partial charge in [-0.1, -0.05) is 27.2 Å². The zero-order chi connectivity index (χ0) is 9.94. The average molecular weight is 203 g/mol. The van der Waals surface area contributed by atoms with Crippen LogP contribution in [0.1, 0.15) is 46.5 Å². The Labute approximate surface area is 88.1 Å². The average Bonchev–Trinajstić information content (AvgIpc) is 2.09. The first kappa shape index (κ1) is 13.3. The minimum absolute atomic E-state index is 0.646. The summed E-state index contributed by atoms with van der Waals surface area (Å²) in [5.74, 6) is 2.70. The lowest BCUT2D eigenvalue weighted by Crippen LogP contribution is -2.23. The summed E-state index contributed by atoms with van der Waals surface area (Å²) in [7, 11) is 0. The van der Waals surface area contributed by atoms with Crippen molar-refractivity contribution in [2.24, 2.45) is 0 Å². The SMILES string of the molecule is CCCCSCCCCNC(C)C. The van der Waals surface area contributed by atoms with E-state index in [9.17, 15) is 0 Å². The monoisotopic (exact) mass is 203 g/mol. The lowest BCUT2D eigenvalue weighted by Gasteiger charge is -2.07. The van der Waals surface area contributed by atoms with E-state index in [2.05, 4.69) is 37.8 Å². The van der Waals surface area contributed by atoms with Crippen LogP contribution in [0.4, 0.5) is 0 Å². The Morgan fingerprint density at radius 1 is 1.08 bits per heavy atom. The Bertz CT molecular complexity index is 94.1. The molecule has 2 heteroatoms. The number of nitrogens with one attached hydrogen (secondary N) is 1. The molecule has 0 unspecified atom stereocenters. The third kappa shape index (κ3) is 12.3. The molecule has 0 rings (SSSR count). The largest absolute Gasteiger partial charge is 0.315 e. The van der Waals surface area contributed by atoms with Crippen molar-refractivity contribution in [2.75, 3.05) is 18.1 Å². The zero-order valence-corrected chi connectivity index (χ0v) is 10.3. The molecule has 0 saturated heterocycles. The van der Waals surface area contributed by atoms with E-state index in [1.165, 1.54) is 43.7 Å². The van der Waals surface area contributed by atoms with Crippen LogP contribution in [0.2, 0.25) is 0 Å². The maximum Gasteiger partial charge on any atom is 0.00103 e. The number of rotatable bonds is 9. The molecule has 0 saturated carbocycles. The van der Waals surface area contributed by atoms with E-state index < -0.39 is 0 Å². The molecule has 0 aromatic rings. The second-order valence-electron chi connectivity index (χ2n) is 3.78. The van der Waals surface area contributed by atoms with Gasteiger partial charge in [-0.2, -0.15) is 11.8 Å². The van der Waals surface area contributed by atoms with E-state index in [0.29, 0.717) is 6.04 Å². The quantitative estimate of drug-likeness (QED) is 0.577. The first-order valence-electron chi connectivity index (χ1n) is 5.58. The Hall–Kier alpha value is 0.310. The summed E-state index contributed by atoms with van der Waals surface area (Å²) >= 11 is 2.11. The van der Waals surface area contributed by atoms with E-state index in [1.807, 2.05) is 0 Å². The maximum atomic E-state index is 3.44. The summed E-state index contributed by atoms with van der Waals surface area (Å²) < 4.78 is 0. The van der Waals surface area contributed by atoms with Crippen LogP contribution in [0.25, 0.3) is 0 Å². The predicted molar refractivity (Wildman–Crippen MR) is 64.6 cm³/mol. The van der Waals surface area contributed by atoms with Crippen molar-refractivity contribution < 1.29 is 0 Å². The van der Waals surface area contributed by atoms with Crippen LogP contribution in [0.15, 0.2) is 0 Å². The molecular weight excluding hydrogens is 178 g/mol. The molecule has 0 amide bonds. The molecule has 1 N–H and O–H groups in total. The first-order valence-corrected chi connectivity index (χ1v) is 6.74. The van der Waals surface area contributed by atoms with E-state index in [4.69, 9.17) is 0 Å². The molecule has 0 fully saturated rings. The normalized spacial score (nSPS) is 11.1. The summed E-state index contributed by atoms with van der Waals surface area (Å²) in [6, 6.07) is 0.646. The van der Waals surface area contributed by atoms with Crippen molar-refractivity contribution in [2.45, 2.75) is 52.5 Å². The van der Waals surface area contributed by atoms with Gasteiger partial charge in [-0.25, -0.2) is 0 Å². The molecule has 0 heterocycles. The minimum Gasteiger partial charge on any atom is -0.315 e. The molecule has 0 spiro atoms. The molecule has 13 heavy (non-hydrogen) atoms. The summed E-state index contributed by atoms with van der Waals surface area (Å²) in [6.07, 6.45) is 5.42. The third-order valence-electron chi connectivity index (χ3n) is 1.91. The van der Waals surface area contributed by atoms with Gasteiger partial charge in [-0.15, -0.1) is 0 Å². The summed E-state index contributed by atoms with van der Waals surface area (Å²) in [5, 5.41) is 3.44. The van der Waals surface area contributed by atoms with E-state index in [1.54, 1.807) is 0 Å². The van der Waals surface area contributed by atoms with E-state index >= 15 is 0 Å². The first-order chi connectivity index (χ1) is 6.27. The van der Waals surface area contributed by atoms with Crippen LogP contribution in [-0.4, -0.2) is 24.1 Å². The van der Waals surface area contributed by atoms with Gasteiger partial charge in [0.05, 0.1) is 0 Å². The van der Waals surface area contributed by atoms with Crippen LogP contribution >= 0.6 is 11.8 Å².